The molecule has 96 valence electrons. The van der Waals surface area contributed by atoms with E-state index in [1.165, 1.54) is 6.07 Å². The Morgan fingerprint density at radius 2 is 1.89 bits per heavy atom. The molecule has 0 N–H and O–H groups in total. The highest BCUT2D eigenvalue weighted by molar-refractivity contribution is 5.76. The van der Waals surface area contributed by atoms with Crippen LogP contribution in [0.2, 0.25) is 0 Å². The molecule has 19 heavy (non-hydrogen) atoms. The van der Waals surface area contributed by atoms with Gasteiger partial charge >= 0.3 is 0 Å². The van der Waals surface area contributed by atoms with E-state index in [2.05, 4.69) is 10.3 Å². The lowest BCUT2D eigenvalue weighted by Crippen LogP contribution is -2.11. The minimum atomic E-state index is -0.252. The zero-order valence-corrected chi connectivity index (χ0v) is 10.7. The van der Waals surface area contributed by atoms with Gasteiger partial charge in [0.05, 0.1) is 16.9 Å². The largest absolute Gasteiger partial charge is 0.375 e. The fourth-order valence-corrected chi connectivity index (χ4v) is 2.04. The number of rotatable bonds is 2. The molecule has 3 aromatic rings. The van der Waals surface area contributed by atoms with Gasteiger partial charge in [-0.15, -0.1) is 5.10 Å². The number of fused-ring (bicyclic) bond motifs is 1. The second-order valence-electron chi connectivity index (χ2n) is 4.52. The molecule has 5 heteroatoms. The van der Waals surface area contributed by atoms with Crippen molar-refractivity contribution < 1.29 is 4.39 Å². The first-order chi connectivity index (χ1) is 9.16. The number of aromatic nitrogens is 3. The number of anilines is 1. The van der Waals surface area contributed by atoms with Crippen molar-refractivity contribution in [1.82, 2.24) is 15.0 Å². The number of halogens is 1. The normalized spacial score (nSPS) is 10.9. The molecule has 4 nitrogen and oxygen atoms in total. The van der Waals surface area contributed by atoms with E-state index in [1.54, 1.807) is 21.7 Å². The summed E-state index contributed by atoms with van der Waals surface area (Å²) in [5.41, 5.74) is 3.04. The van der Waals surface area contributed by atoms with Gasteiger partial charge in [-0.2, -0.15) is 0 Å². The van der Waals surface area contributed by atoms with Crippen LogP contribution in [0.15, 0.2) is 42.5 Å². The monoisotopic (exact) mass is 256 g/mol. The van der Waals surface area contributed by atoms with E-state index >= 15 is 0 Å². The summed E-state index contributed by atoms with van der Waals surface area (Å²) in [7, 11) is 3.61. The lowest BCUT2D eigenvalue weighted by molar-refractivity contribution is 0.625. The van der Waals surface area contributed by atoms with Gasteiger partial charge in [-0.3, -0.25) is 0 Å². The lowest BCUT2D eigenvalue weighted by atomic mass is 10.2. The van der Waals surface area contributed by atoms with Crippen molar-refractivity contribution in [3.63, 3.8) is 0 Å². The van der Waals surface area contributed by atoms with E-state index in [1.807, 2.05) is 38.4 Å². The van der Waals surface area contributed by atoms with Crippen LogP contribution in [-0.4, -0.2) is 29.1 Å². The van der Waals surface area contributed by atoms with Crippen LogP contribution in [0.1, 0.15) is 0 Å². The molecular weight excluding hydrogens is 243 g/mol. The average Bonchev–Trinajstić information content (AvgIpc) is 2.83. The molecule has 0 bridgehead atoms. The van der Waals surface area contributed by atoms with E-state index in [0.717, 1.165) is 16.7 Å². The maximum Gasteiger partial charge on any atom is 0.146 e. The molecule has 0 aliphatic carbocycles. The Labute approximate surface area is 110 Å². The van der Waals surface area contributed by atoms with Crippen molar-refractivity contribution in [3.05, 3.63) is 48.3 Å². The van der Waals surface area contributed by atoms with Crippen LogP contribution in [0.5, 0.6) is 0 Å². The summed E-state index contributed by atoms with van der Waals surface area (Å²) >= 11 is 0. The summed E-state index contributed by atoms with van der Waals surface area (Å²) in [4.78, 5) is 1.73. The van der Waals surface area contributed by atoms with Gasteiger partial charge in [-0.1, -0.05) is 17.3 Å². The van der Waals surface area contributed by atoms with Gasteiger partial charge in [0.25, 0.3) is 0 Å². The molecule has 0 unspecified atom stereocenters. The number of benzene rings is 2. The molecule has 1 aromatic heterocycles. The number of hydrogen-bond acceptors (Lipinski definition) is 3. The molecule has 0 fully saturated rings. The fraction of sp³-hybridized carbons (Fsp3) is 0.143. The van der Waals surface area contributed by atoms with Crippen LogP contribution < -0.4 is 4.90 Å². The van der Waals surface area contributed by atoms with E-state index in [4.69, 9.17) is 0 Å². The van der Waals surface area contributed by atoms with Gasteiger partial charge in [0.2, 0.25) is 0 Å². The number of hydrogen-bond donors (Lipinski definition) is 0. The van der Waals surface area contributed by atoms with E-state index in [9.17, 15) is 4.39 Å². The minimum Gasteiger partial charge on any atom is -0.375 e. The van der Waals surface area contributed by atoms with Crippen LogP contribution >= 0.6 is 0 Å². The molecule has 0 radical (unpaired) electrons. The standard InChI is InChI=1S/C14H13FN4/c1-18(2)14-9-10(7-8-11(14)15)19-13-6-4-3-5-12(13)16-17-19/h3-9H,1-2H3. The van der Waals surface area contributed by atoms with Crippen LogP contribution in [-0.2, 0) is 0 Å². The van der Waals surface area contributed by atoms with Crippen molar-refractivity contribution in [2.75, 3.05) is 19.0 Å². The van der Waals surface area contributed by atoms with Crippen molar-refractivity contribution in [1.29, 1.82) is 0 Å². The Morgan fingerprint density at radius 1 is 1.11 bits per heavy atom. The summed E-state index contributed by atoms with van der Waals surface area (Å²) in [6.45, 7) is 0. The average molecular weight is 256 g/mol. The molecule has 0 saturated heterocycles. The smallest absolute Gasteiger partial charge is 0.146 e. The summed E-state index contributed by atoms with van der Waals surface area (Å²) in [5, 5.41) is 8.22. The molecule has 0 saturated carbocycles. The summed E-state index contributed by atoms with van der Waals surface area (Å²) in [5.74, 6) is -0.252. The molecule has 0 aliphatic rings. The first kappa shape index (κ1) is 11.6. The first-order valence-corrected chi connectivity index (χ1v) is 5.94. The van der Waals surface area contributed by atoms with Crippen LogP contribution in [0.4, 0.5) is 10.1 Å². The predicted octanol–water partition coefficient (Wildman–Crippen LogP) is 2.63. The molecule has 0 atom stereocenters. The van der Waals surface area contributed by atoms with Gasteiger partial charge in [-0.05, 0) is 30.3 Å². The number of nitrogens with zero attached hydrogens (tertiary/aromatic N) is 4. The predicted molar refractivity (Wildman–Crippen MR) is 73.2 cm³/mol. The molecule has 3 rings (SSSR count). The second-order valence-corrected chi connectivity index (χ2v) is 4.52. The highest BCUT2D eigenvalue weighted by atomic mass is 19.1. The molecule has 1 heterocycles. The molecule has 0 spiro atoms. The highest BCUT2D eigenvalue weighted by Crippen LogP contribution is 2.23. The van der Waals surface area contributed by atoms with Crippen LogP contribution in [0.3, 0.4) is 0 Å². The minimum absolute atomic E-state index is 0.252. The summed E-state index contributed by atoms with van der Waals surface area (Å²) in [6.07, 6.45) is 0. The van der Waals surface area contributed by atoms with E-state index < -0.39 is 0 Å². The third-order valence-electron chi connectivity index (χ3n) is 3.01. The van der Waals surface area contributed by atoms with Gasteiger partial charge < -0.3 is 4.90 Å². The maximum absolute atomic E-state index is 13.7. The van der Waals surface area contributed by atoms with Crippen molar-refractivity contribution in [2.45, 2.75) is 0 Å². The Balaban J connectivity index is 2.19. The lowest BCUT2D eigenvalue weighted by Gasteiger charge is -2.14. The van der Waals surface area contributed by atoms with Crippen molar-refractivity contribution in [3.8, 4) is 5.69 Å². The first-order valence-electron chi connectivity index (χ1n) is 5.94. The molecule has 0 amide bonds. The van der Waals surface area contributed by atoms with Gasteiger partial charge in [0.1, 0.15) is 11.3 Å². The molecular formula is C14H13FN4. The van der Waals surface area contributed by atoms with E-state index in [-0.39, 0.29) is 5.82 Å². The van der Waals surface area contributed by atoms with Crippen LogP contribution in [0, 0.1) is 5.82 Å². The summed E-state index contributed by atoms with van der Waals surface area (Å²) in [6, 6.07) is 12.6. The van der Waals surface area contributed by atoms with E-state index in [0.29, 0.717) is 5.69 Å². The fourth-order valence-electron chi connectivity index (χ4n) is 2.04. The van der Waals surface area contributed by atoms with Gasteiger partial charge in [-0.25, -0.2) is 9.07 Å². The second kappa shape index (κ2) is 4.35. The zero-order valence-electron chi connectivity index (χ0n) is 10.7. The topological polar surface area (TPSA) is 34.0 Å². The maximum atomic E-state index is 13.7. The Bertz CT molecular complexity index is 733. The zero-order chi connectivity index (χ0) is 13.4. The Morgan fingerprint density at radius 3 is 2.68 bits per heavy atom. The third kappa shape index (κ3) is 1.93. The van der Waals surface area contributed by atoms with Gasteiger partial charge in [0.15, 0.2) is 0 Å². The van der Waals surface area contributed by atoms with Crippen LogP contribution in [0.25, 0.3) is 16.7 Å². The van der Waals surface area contributed by atoms with Gasteiger partial charge in [0, 0.05) is 14.1 Å². The van der Waals surface area contributed by atoms with Crippen molar-refractivity contribution in [2.24, 2.45) is 0 Å². The Hall–Kier alpha value is -2.43. The number of para-hydroxylation sites is 1. The van der Waals surface area contributed by atoms with Crippen molar-refractivity contribution >= 4 is 16.7 Å². The SMILES string of the molecule is CN(C)c1cc(-n2nnc3ccccc32)ccc1F. The summed E-state index contributed by atoms with van der Waals surface area (Å²) < 4.78 is 15.4. The quantitative estimate of drug-likeness (QED) is 0.706. The highest BCUT2D eigenvalue weighted by Gasteiger charge is 2.10. The third-order valence-corrected chi connectivity index (χ3v) is 3.01. The Kier molecular flexibility index (Phi) is 2.67. The molecule has 0 aliphatic heterocycles. The molecule has 2 aromatic carbocycles.